The molecule has 1 aliphatic rings. The van der Waals surface area contributed by atoms with E-state index in [1.54, 1.807) is 4.68 Å². The smallest absolute Gasteiger partial charge is 0.229 e. The summed E-state index contributed by atoms with van der Waals surface area (Å²) in [6, 6.07) is 17.6. The Morgan fingerprint density at radius 3 is 2.48 bits per heavy atom. The van der Waals surface area contributed by atoms with Crippen molar-refractivity contribution in [2.24, 2.45) is 0 Å². The molecule has 0 radical (unpaired) electrons. The van der Waals surface area contributed by atoms with Crippen molar-refractivity contribution in [2.45, 2.75) is 12.8 Å². The van der Waals surface area contributed by atoms with Gasteiger partial charge in [0.25, 0.3) is 0 Å². The minimum atomic E-state index is -0.240. The van der Waals surface area contributed by atoms with Crippen LogP contribution in [0.1, 0.15) is 28.3 Å². The summed E-state index contributed by atoms with van der Waals surface area (Å²) in [7, 11) is 0. The van der Waals surface area contributed by atoms with Gasteiger partial charge in [0, 0.05) is 5.02 Å². The maximum atomic E-state index is 6.61. The summed E-state index contributed by atoms with van der Waals surface area (Å²) >= 11 is 17.5. The molecule has 8 heteroatoms. The number of aromatic nitrogens is 4. The van der Waals surface area contributed by atoms with Crippen LogP contribution in [0.15, 0.2) is 54.6 Å². The van der Waals surface area contributed by atoms with Gasteiger partial charge in [-0.1, -0.05) is 60.2 Å². The third-order valence-electron chi connectivity index (χ3n) is 5.00. The topological polar surface area (TPSA) is 58.6 Å². The van der Waals surface area contributed by atoms with Crippen molar-refractivity contribution < 1.29 is 4.74 Å². The molecule has 0 saturated heterocycles. The van der Waals surface area contributed by atoms with Gasteiger partial charge in [-0.2, -0.15) is 5.10 Å². The van der Waals surface area contributed by atoms with Crippen LogP contribution in [0.2, 0.25) is 5.02 Å². The molecule has 0 aliphatic carbocycles. The number of rotatable bonds is 2. The zero-order chi connectivity index (χ0) is 20.1. The lowest BCUT2D eigenvalue weighted by Gasteiger charge is -2.27. The number of para-hydroxylation sites is 1. The van der Waals surface area contributed by atoms with Crippen LogP contribution in [0, 0.1) is 16.3 Å². The predicted molar refractivity (Wildman–Crippen MR) is 118 cm³/mol. The molecule has 0 amide bonds. The lowest BCUT2D eigenvalue weighted by atomic mass is 9.85. The van der Waals surface area contributed by atoms with E-state index in [2.05, 4.69) is 9.97 Å². The molecule has 5 nitrogen and oxygen atoms in total. The Morgan fingerprint density at radius 2 is 1.72 bits per heavy atom. The van der Waals surface area contributed by atoms with Gasteiger partial charge in [-0.3, -0.25) is 0 Å². The molecule has 2 aromatic heterocycles. The highest BCUT2D eigenvalue weighted by Crippen LogP contribution is 2.49. The molecule has 1 aliphatic heterocycles. The van der Waals surface area contributed by atoms with Crippen LogP contribution >= 0.6 is 36.0 Å². The van der Waals surface area contributed by atoms with E-state index >= 15 is 0 Å². The maximum Gasteiger partial charge on any atom is 0.229 e. The highest BCUT2D eigenvalue weighted by Gasteiger charge is 2.37. The molecule has 2 aromatic carbocycles. The molecular weight excluding hydrogens is 424 g/mol. The maximum absolute atomic E-state index is 6.61. The summed E-state index contributed by atoms with van der Waals surface area (Å²) < 4.78 is 9.01. The molecule has 1 unspecified atom stereocenters. The van der Waals surface area contributed by atoms with E-state index in [1.807, 2.05) is 61.5 Å². The van der Waals surface area contributed by atoms with Crippen molar-refractivity contribution >= 4 is 36.0 Å². The minimum Gasteiger partial charge on any atom is -0.422 e. The Bertz CT molecular complexity index is 1360. The number of benzene rings is 2. The molecule has 4 aromatic rings. The first-order valence-electron chi connectivity index (χ1n) is 8.98. The molecular formula is C21H15ClN4OS2. The number of aryl methyl sites for hydroxylation is 1. The summed E-state index contributed by atoms with van der Waals surface area (Å²) in [4.78, 5) is 6.13. The Morgan fingerprint density at radius 1 is 1.00 bits per heavy atom. The molecule has 29 heavy (non-hydrogen) atoms. The van der Waals surface area contributed by atoms with Crippen LogP contribution in [0.4, 0.5) is 0 Å². The number of hydrogen-bond acceptors (Lipinski definition) is 4. The van der Waals surface area contributed by atoms with E-state index in [9.17, 15) is 0 Å². The van der Waals surface area contributed by atoms with Crippen LogP contribution in [-0.2, 0) is 0 Å². The highest BCUT2D eigenvalue weighted by molar-refractivity contribution is 7.72. The summed E-state index contributed by atoms with van der Waals surface area (Å²) in [5.41, 5.74) is 4.40. The number of halogens is 1. The Kier molecular flexibility index (Phi) is 4.38. The molecule has 0 spiro atoms. The second-order valence-electron chi connectivity index (χ2n) is 6.76. The summed E-state index contributed by atoms with van der Waals surface area (Å²) in [5, 5.41) is 5.42. The fourth-order valence-corrected chi connectivity index (χ4v) is 4.59. The first-order valence-corrected chi connectivity index (χ1v) is 10.2. The van der Waals surface area contributed by atoms with E-state index < -0.39 is 0 Å². The lowest BCUT2D eigenvalue weighted by Crippen LogP contribution is -2.16. The fourth-order valence-electron chi connectivity index (χ4n) is 3.77. The van der Waals surface area contributed by atoms with Gasteiger partial charge in [0.1, 0.15) is 4.64 Å². The van der Waals surface area contributed by atoms with E-state index in [4.69, 9.17) is 45.9 Å². The van der Waals surface area contributed by atoms with Gasteiger partial charge < -0.3 is 14.7 Å². The summed E-state index contributed by atoms with van der Waals surface area (Å²) in [5.74, 6) is 0.890. The predicted octanol–water partition coefficient (Wildman–Crippen LogP) is 6.24. The number of nitrogens with one attached hydrogen (secondary N) is 2. The Hall–Kier alpha value is -2.74. The Balaban J connectivity index is 1.86. The quantitative estimate of drug-likeness (QED) is 0.320. The number of aromatic amines is 2. The lowest BCUT2D eigenvalue weighted by molar-refractivity contribution is 0.401. The normalized spacial score (nSPS) is 14.8. The van der Waals surface area contributed by atoms with Crippen LogP contribution in [0.5, 0.6) is 11.8 Å². The van der Waals surface area contributed by atoms with Crippen molar-refractivity contribution in [2.75, 3.05) is 0 Å². The highest BCUT2D eigenvalue weighted by atomic mass is 35.5. The largest absolute Gasteiger partial charge is 0.422 e. The molecule has 0 saturated carbocycles. The van der Waals surface area contributed by atoms with Crippen LogP contribution < -0.4 is 4.74 Å². The minimum absolute atomic E-state index is 0.240. The molecule has 144 valence electrons. The van der Waals surface area contributed by atoms with E-state index in [-0.39, 0.29) is 5.92 Å². The van der Waals surface area contributed by atoms with Gasteiger partial charge in [-0.25, -0.2) is 4.68 Å². The second kappa shape index (κ2) is 6.95. The third kappa shape index (κ3) is 2.93. The van der Waals surface area contributed by atoms with E-state index in [0.717, 1.165) is 28.1 Å². The van der Waals surface area contributed by atoms with E-state index in [0.29, 0.717) is 26.2 Å². The zero-order valence-electron chi connectivity index (χ0n) is 15.3. The van der Waals surface area contributed by atoms with Gasteiger partial charge in [0.2, 0.25) is 11.8 Å². The van der Waals surface area contributed by atoms with Crippen LogP contribution in [0.25, 0.3) is 5.69 Å². The summed E-state index contributed by atoms with van der Waals surface area (Å²) in [6.07, 6.45) is 0. The fraction of sp³-hybridized carbons (Fsp3) is 0.0952. The third-order valence-corrected chi connectivity index (χ3v) is 5.87. The molecule has 1 atom stereocenters. The van der Waals surface area contributed by atoms with Gasteiger partial charge in [-0.15, -0.1) is 0 Å². The molecule has 2 N–H and O–H groups in total. The van der Waals surface area contributed by atoms with Crippen LogP contribution in [0.3, 0.4) is 0 Å². The molecule has 5 rings (SSSR count). The van der Waals surface area contributed by atoms with Crippen LogP contribution in [-0.4, -0.2) is 19.7 Å². The van der Waals surface area contributed by atoms with Gasteiger partial charge in [-0.05, 0) is 42.9 Å². The number of fused-ring (bicyclic) bond motifs is 2. The monoisotopic (exact) mass is 438 g/mol. The number of ether oxygens (including phenoxy) is 1. The SMILES string of the molecule is Cc1nn(-c2ccccc2)c2c1C(c1ccccc1Cl)c1c([nH]c(=S)[nH]c1=S)O2. The average molecular weight is 439 g/mol. The number of hydrogen-bond donors (Lipinski definition) is 2. The first kappa shape index (κ1) is 18.3. The molecule has 0 fully saturated rings. The van der Waals surface area contributed by atoms with Gasteiger partial charge in [0.05, 0.1) is 28.4 Å². The average Bonchev–Trinajstić information content (AvgIpc) is 3.04. The van der Waals surface area contributed by atoms with Crippen molar-refractivity contribution in [1.29, 1.82) is 0 Å². The van der Waals surface area contributed by atoms with Crippen molar-refractivity contribution in [3.8, 4) is 17.4 Å². The summed E-state index contributed by atoms with van der Waals surface area (Å²) in [6.45, 7) is 1.97. The van der Waals surface area contributed by atoms with Crippen molar-refractivity contribution in [3.05, 3.63) is 91.4 Å². The van der Waals surface area contributed by atoms with Gasteiger partial charge >= 0.3 is 0 Å². The standard InChI is InChI=1S/C21H15ClN4OS2/c1-11-15-16(13-9-5-6-10-14(13)22)17-18(23-21(29)24-19(17)28)27-20(15)26(25-11)12-7-3-2-4-8-12/h2-10,16H,1H3,(H2,23,24,28,29). The van der Waals surface area contributed by atoms with Crippen molar-refractivity contribution in [3.63, 3.8) is 0 Å². The van der Waals surface area contributed by atoms with E-state index in [1.165, 1.54) is 0 Å². The second-order valence-corrected chi connectivity index (χ2v) is 7.98. The van der Waals surface area contributed by atoms with Crippen molar-refractivity contribution in [1.82, 2.24) is 19.7 Å². The number of H-pyrrole nitrogens is 2. The zero-order valence-corrected chi connectivity index (χ0v) is 17.7. The molecule has 0 bridgehead atoms. The van der Waals surface area contributed by atoms with Gasteiger partial charge in [0.15, 0.2) is 4.77 Å². The first-order chi connectivity index (χ1) is 14.0. The Labute approximate surface area is 182 Å². The number of nitrogens with zero attached hydrogens (tertiary/aromatic N) is 2. The molecule has 3 heterocycles.